The Labute approximate surface area is 232 Å². The number of aromatic amines is 2. The van der Waals surface area contributed by atoms with Crippen LogP contribution in [0.5, 0.6) is 5.75 Å². The van der Waals surface area contributed by atoms with E-state index in [1.165, 1.54) is 43.8 Å². The molecule has 7 aromatic rings. The van der Waals surface area contributed by atoms with Gasteiger partial charge in [0.15, 0.2) is 5.75 Å². The summed E-state index contributed by atoms with van der Waals surface area (Å²) in [4.78, 5) is 16.9. The largest absolute Gasteiger partial charge is 0.486 e. The van der Waals surface area contributed by atoms with E-state index in [1.54, 1.807) is 0 Å². The molecule has 5 aromatic carbocycles. The Balaban J connectivity index is 1.27. The fourth-order valence-electron chi connectivity index (χ4n) is 6.15. The first-order valence-electron chi connectivity index (χ1n) is 14.1. The van der Waals surface area contributed by atoms with Gasteiger partial charge in [-0.05, 0) is 57.3 Å². The summed E-state index contributed by atoms with van der Waals surface area (Å²) in [7, 11) is 0. The Bertz CT molecular complexity index is 2130. The summed E-state index contributed by atoms with van der Waals surface area (Å²) in [5.74, 6) is 3.57. The van der Waals surface area contributed by atoms with Gasteiger partial charge in [-0.15, -0.1) is 0 Å². The molecule has 0 amide bonds. The van der Waals surface area contributed by atoms with E-state index in [2.05, 4.69) is 110 Å². The van der Waals surface area contributed by atoms with Crippen LogP contribution in [0.15, 0.2) is 72.8 Å². The molecule has 196 valence electrons. The van der Waals surface area contributed by atoms with E-state index in [1.807, 2.05) is 0 Å². The highest BCUT2D eigenvalue weighted by Crippen LogP contribution is 2.43. The Hall–Kier alpha value is -4.64. The van der Waals surface area contributed by atoms with Crippen molar-refractivity contribution >= 4 is 43.6 Å². The molecular formula is C35H30N4O. The average molecular weight is 523 g/mol. The predicted octanol–water partition coefficient (Wildman–Crippen LogP) is 9.22. The Morgan fingerprint density at radius 3 is 2.17 bits per heavy atom. The SMILES string of the molecule is CC(C)c1nc2c3c(ccc2[nH]1)-c1ccc(-c2ccc4c(c2)c2ccccc2c2nc(C(C)C)[nH]c42)cc1CO3. The van der Waals surface area contributed by atoms with Gasteiger partial charge in [-0.2, -0.15) is 0 Å². The molecule has 0 atom stereocenters. The van der Waals surface area contributed by atoms with Gasteiger partial charge in [0.25, 0.3) is 0 Å². The molecule has 0 radical (unpaired) electrons. The molecule has 5 heteroatoms. The van der Waals surface area contributed by atoms with Crippen molar-refractivity contribution in [3.05, 3.63) is 90.0 Å². The number of hydrogen-bond acceptors (Lipinski definition) is 3. The highest BCUT2D eigenvalue weighted by Gasteiger charge is 2.23. The minimum absolute atomic E-state index is 0.335. The van der Waals surface area contributed by atoms with E-state index in [4.69, 9.17) is 14.7 Å². The van der Waals surface area contributed by atoms with Crippen LogP contribution in [0.1, 0.15) is 56.7 Å². The predicted molar refractivity (Wildman–Crippen MR) is 164 cm³/mol. The highest BCUT2D eigenvalue weighted by molar-refractivity contribution is 6.23. The van der Waals surface area contributed by atoms with Gasteiger partial charge in [0.2, 0.25) is 0 Å². The third kappa shape index (κ3) is 3.33. The van der Waals surface area contributed by atoms with Crippen molar-refractivity contribution in [2.75, 3.05) is 0 Å². The Kier molecular flexibility index (Phi) is 4.90. The number of nitrogens with zero attached hydrogens (tertiary/aromatic N) is 2. The molecule has 0 unspecified atom stereocenters. The maximum Gasteiger partial charge on any atom is 0.155 e. The molecule has 40 heavy (non-hydrogen) atoms. The first-order valence-corrected chi connectivity index (χ1v) is 14.1. The minimum atomic E-state index is 0.335. The maximum atomic E-state index is 6.35. The number of fused-ring (bicyclic) bond motifs is 11. The number of ether oxygens (including phenoxy) is 1. The molecular weight excluding hydrogens is 492 g/mol. The fraction of sp³-hybridized carbons (Fsp3) is 0.200. The monoisotopic (exact) mass is 522 g/mol. The second kappa shape index (κ2) is 8.43. The summed E-state index contributed by atoms with van der Waals surface area (Å²) in [6.07, 6.45) is 0. The van der Waals surface area contributed by atoms with E-state index < -0.39 is 0 Å². The lowest BCUT2D eigenvalue weighted by atomic mass is 9.91. The molecule has 5 nitrogen and oxygen atoms in total. The summed E-state index contributed by atoms with van der Waals surface area (Å²) in [6, 6.07) is 26.4. The zero-order valence-corrected chi connectivity index (χ0v) is 23.1. The maximum absolute atomic E-state index is 6.35. The first-order chi connectivity index (χ1) is 19.5. The third-order valence-electron chi connectivity index (χ3n) is 8.30. The van der Waals surface area contributed by atoms with Crippen molar-refractivity contribution in [1.82, 2.24) is 19.9 Å². The quantitative estimate of drug-likeness (QED) is 0.227. The summed E-state index contributed by atoms with van der Waals surface area (Å²) >= 11 is 0. The lowest BCUT2D eigenvalue weighted by Gasteiger charge is -2.22. The molecule has 2 N–H and O–H groups in total. The Morgan fingerprint density at radius 1 is 0.650 bits per heavy atom. The van der Waals surface area contributed by atoms with Crippen molar-refractivity contribution in [2.24, 2.45) is 0 Å². The van der Waals surface area contributed by atoms with E-state index in [-0.39, 0.29) is 0 Å². The van der Waals surface area contributed by atoms with Gasteiger partial charge in [-0.3, -0.25) is 0 Å². The number of hydrogen-bond donors (Lipinski definition) is 2. The Morgan fingerprint density at radius 2 is 1.35 bits per heavy atom. The molecule has 0 aliphatic carbocycles. The van der Waals surface area contributed by atoms with Crippen molar-refractivity contribution in [3.8, 4) is 28.0 Å². The van der Waals surface area contributed by atoms with Crippen molar-refractivity contribution < 1.29 is 4.74 Å². The zero-order chi connectivity index (χ0) is 27.1. The number of aromatic nitrogens is 4. The van der Waals surface area contributed by atoms with Gasteiger partial charge >= 0.3 is 0 Å². The normalized spacial score (nSPS) is 13.1. The standard InChI is InChI=1S/C35H30N4O/c1-18(2)34-36-29-14-13-27-23-11-9-20(15-22(23)17-40-33(27)32(29)39-34)21-10-12-26-28(16-21)24-7-5-6-8-25(24)30-31(26)38-35(37-30)19(3)4/h5-16,18-19H,17H2,1-4H3,(H,36,39)(H,37,38). The van der Waals surface area contributed by atoms with Gasteiger partial charge in [-0.1, -0.05) is 76.2 Å². The van der Waals surface area contributed by atoms with Crippen LogP contribution in [0.3, 0.4) is 0 Å². The fourth-order valence-corrected chi connectivity index (χ4v) is 6.15. The molecule has 1 aliphatic rings. The summed E-state index contributed by atoms with van der Waals surface area (Å²) < 4.78 is 6.35. The number of H-pyrrole nitrogens is 2. The smallest absolute Gasteiger partial charge is 0.155 e. The number of rotatable bonds is 3. The number of benzene rings is 5. The van der Waals surface area contributed by atoms with E-state index in [0.29, 0.717) is 18.4 Å². The molecule has 2 aromatic heterocycles. The average Bonchev–Trinajstić information content (AvgIpc) is 3.63. The first kappa shape index (κ1) is 23.3. The zero-order valence-electron chi connectivity index (χ0n) is 23.1. The van der Waals surface area contributed by atoms with Gasteiger partial charge < -0.3 is 14.7 Å². The minimum Gasteiger partial charge on any atom is -0.486 e. The van der Waals surface area contributed by atoms with Crippen molar-refractivity contribution in [2.45, 2.75) is 46.1 Å². The molecule has 3 heterocycles. The molecule has 0 bridgehead atoms. The van der Waals surface area contributed by atoms with E-state index in [0.717, 1.165) is 45.0 Å². The second-order valence-corrected chi connectivity index (χ2v) is 11.6. The molecule has 0 saturated heterocycles. The van der Waals surface area contributed by atoms with Gasteiger partial charge in [0, 0.05) is 28.2 Å². The van der Waals surface area contributed by atoms with Crippen LogP contribution < -0.4 is 4.74 Å². The van der Waals surface area contributed by atoms with E-state index >= 15 is 0 Å². The van der Waals surface area contributed by atoms with Gasteiger partial charge in [0.05, 0.1) is 16.6 Å². The van der Waals surface area contributed by atoms with Crippen LogP contribution in [0.4, 0.5) is 0 Å². The van der Waals surface area contributed by atoms with Gasteiger partial charge in [0.1, 0.15) is 23.8 Å². The van der Waals surface area contributed by atoms with Crippen molar-refractivity contribution in [1.29, 1.82) is 0 Å². The molecule has 8 rings (SSSR count). The second-order valence-electron chi connectivity index (χ2n) is 11.6. The topological polar surface area (TPSA) is 66.6 Å². The van der Waals surface area contributed by atoms with Crippen LogP contribution in [0.25, 0.3) is 65.9 Å². The van der Waals surface area contributed by atoms with Crippen LogP contribution in [0.2, 0.25) is 0 Å². The summed E-state index contributed by atoms with van der Waals surface area (Å²) in [6.45, 7) is 9.19. The van der Waals surface area contributed by atoms with Crippen LogP contribution in [-0.2, 0) is 6.61 Å². The molecule has 0 spiro atoms. The molecule has 1 aliphatic heterocycles. The van der Waals surface area contributed by atoms with Gasteiger partial charge in [-0.25, -0.2) is 9.97 Å². The lowest BCUT2D eigenvalue weighted by molar-refractivity contribution is 0.305. The third-order valence-corrected chi connectivity index (χ3v) is 8.30. The number of nitrogens with one attached hydrogen (secondary N) is 2. The van der Waals surface area contributed by atoms with Crippen LogP contribution >= 0.6 is 0 Å². The number of imidazole rings is 2. The highest BCUT2D eigenvalue weighted by atomic mass is 16.5. The molecule has 0 fully saturated rings. The molecule has 0 saturated carbocycles. The lowest BCUT2D eigenvalue weighted by Crippen LogP contribution is -2.06. The van der Waals surface area contributed by atoms with Crippen LogP contribution in [0, 0.1) is 0 Å². The van der Waals surface area contributed by atoms with E-state index in [9.17, 15) is 0 Å². The van der Waals surface area contributed by atoms with Crippen molar-refractivity contribution in [3.63, 3.8) is 0 Å². The summed E-state index contributed by atoms with van der Waals surface area (Å²) in [5.41, 5.74) is 10.0. The van der Waals surface area contributed by atoms with Crippen LogP contribution in [-0.4, -0.2) is 19.9 Å². The summed E-state index contributed by atoms with van der Waals surface area (Å²) in [5, 5.41) is 4.86.